The Bertz CT molecular complexity index is 312. The van der Waals surface area contributed by atoms with Crippen molar-refractivity contribution in [1.82, 2.24) is 4.90 Å². The maximum atomic E-state index is 3.90. The van der Waals surface area contributed by atoms with Crippen molar-refractivity contribution in [1.29, 1.82) is 0 Å². The molecule has 1 fully saturated rings. The summed E-state index contributed by atoms with van der Waals surface area (Å²) in [7, 11) is 0. The lowest BCUT2D eigenvalue weighted by Crippen LogP contribution is -2.33. The lowest BCUT2D eigenvalue weighted by atomic mass is 9.89. The van der Waals surface area contributed by atoms with E-state index in [-0.39, 0.29) is 0 Å². The smallest absolute Gasteiger partial charge is 0.00129 e. The Morgan fingerprint density at radius 3 is 2.39 bits per heavy atom. The average Bonchev–Trinajstić information content (AvgIpc) is 2.45. The van der Waals surface area contributed by atoms with Crippen LogP contribution in [0, 0.1) is 6.92 Å². The van der Waals surface area contributed by atoms with Gasteiger partial charge in [0.1, 0.15) is 0 Å². The highest BCUT2D eigenvalue weighted by Gasteiger charge is 2.19. The van der Waals surface area contributed by atoms with Gasteiger partial charge in [0, 0.05) is 0 Å². The Morgan fingerprint density at radius 2 is 1.72 bits per heavy atom. The Labute approximate surface area is 112 Å². The zero-order valence-electron chi connectivity index (χ0n) is 11.5. The van der Waals surface area contributed by atoms with Crippen LogP contribution in [0.5, 0.6) is 0 Å². The molecular weight excluding hydrogens is 218 g/mol. The number of benzene rings is 1. The molecule has 0 N–H and O–H groups in total. The molecule has 18 heavy (non-hydrogen) atoms. The second kappa shape index (κ2) is 7.58. The number of hydrogen-bond donors (Lipinski definition) is 0. The van der Waals surface area contributed by atoms with Crippen LogP contribution in [-0.2, 0) is 0 Å². The Balaban J connectivity index is 1.68. The Kier molecular flexibility index (Phi) is 5.73. The van der Waals surface area contributed by atoms with E-state index in [4.69, 9.17) is 0 Å². The van der Waals surface area contributed by atoms with Gasteiger partial charge in [-0.1, -0.05) is 56.5 Å². The molecule has 1 heteroatoms. The van der Waals surface area contributed by atoms with E-state index in [2.05, 4.69) is 42.2 Å². The lowest BCUT2D eigenvalue weighted by molar-refractivity contribution is 0.208. The van der Waals surface area contributed by atoms with Gasteiger partial charge in [-0.25, -0.2) is 0 Å². The number of piperidine rings is 1. The third-order valence-electron chi connectivity index (χ3n) is 4.08. The third kappa shape index (κ3) is 4.13. The molecule has 0 amide bonds. The van der Waals surface area contributed by atoms with Gasteiger partial charge in [0.15, 0.2) is 0 Å². The predicted octanol–water partition coefficient (Wildman–Crippen LogP) is 4.26. The van der Waals surface area contributed by atoms with E-state index in [1.54, 1.807) is 0 Å². The van der Waals surface area contributed by atoms with Crippen LogP contribution in [0.2, 0.25) is 0 Å². The molecule has 1 radical (unpaired) electrons. The summed E-state index contributed by atoms with van der Waals surface area (Å²) in [6.45, 7) is 7.76. The molecule has 0 saturated carbocycles. The maximum absolute atomic E-state index is 3.90. The van der Waals surface area contributed by atoms with Crippen molar-refractivity contribution in [3.8, 4) is 0 Å². The van der Waals surface area contributed by atoms with Crippen LogP contribution >= 0.6 is 0 Å². The van der Waals surface area contributed by atoms with Crippen LogP contribution < -0.4 is 0 Å². The first-order chi connectivity index (χ1) is 8.90. The van der Waals surface area contributed by atoms with E-state index >= 15 is 0 Å². The monoisotopic (exact) mass is 244 g/mol. The van der Waals surface area contributed by atoms with Crippen molar-refractivity contribution in [2.45, 2.75) is 44.4 Å². The van der Waals surface area contributed by atoms with Crippen LogP contribution in [-0.4, -0.2) is 24.5 Å². The molecule has 0 atom stereocenters. The minimum atomic E-state index is 0.794. The number of likely N-dealkylation sites (tertiary alicyclic amines) is 1. The van der Waals surface area contributed by atoms with Crippen molar-refractivity contribution < 1.29 is 0 Å². The first-order valence-corrected chi connectivity index (χ1v) is 7.46. The first-order valence-electron chi connectivity index (χ1n) is 7.46. The van der Waals surface area contributed by atoms with E-state index in [1.807, 2.05) is 0 Å². The van der Waals surface area contributed by atoms with E-state index in [0.29, 0.717) is 0 Å². The standard InChI is InChI=1S/C17H26N/c1-2-3-4-8-13-18-14-11-17(12-15-18)16-9-6-5-7-10-16/h5-7,9-10,17H,1-4,8,11-15H2. The molecule has 2 rings (SSSR count). The van der Waals surface area contributed by atoms with Gasteiger partial charge < -0.3 is 4.90 Å². The number of rotatable bonds is 6. The van der Waals surface area contributed by atoms with Gasteiger partial charge in [-0.15, -0.1) is 0 Å². The summed E-state index contributed by atoms with van der Waals surface area (Å²) in [4.78, 5) is 2.64. The van der Waals surface area contributed by atoms with E-state index in [9.17, 15) is 0 Å². The highest BCUT2D eigenvalue weighted by atomic mass is 15.1. The minimum Gasteiger partial charge on any atom is -0.303 e. The SMILES string of the molecule is [CH2]CCCCCN1CCC(c2ccccc2)CC1. The molecule has 99 valence electrons. The number of hydrogen-bond acceptors (Lipinski definition) is 1. The molecule has 0 aromatic heterocycles. The summed E-state index contributed by atoms with van der Waals surface area (Å²) < 4.78 is 0. The van der Waals surface area contributed by atoms with Gasteiger partial charge in [-0.2, -0.15) is 0 Å². The molecule has 1 saturated heterocycles. The maximum Gasteiger partial charge on any atom is -0.00129 e. The second-order valence-corrected chi connectivity index (χ2v) is 5.44. The fourth-order valence-electron chi connectivity index (χ4n) is 2.90. The Morgan fingerprint density at radius 1 is 1.00 bits per heavy atom. The van der Waals surface area contributed by atoms with Gasteiger partial charge in [0.2, 0.25) is 0 Å². The number of nitrogens with zero attached hydrogens (tertiary/aromatic N) is 1. The molecule has 0 spiro atoms. The van der Waals surface area contributed by atoms with Crippen molar-refractivity contribution >= 4 is 0 Å². The van der Waals surface area contributed by atoms with Crippen LogP contribution in [0.25, 0.3) is 0 Å². The molecule has 0 bridgehead atoms. The zero-order chi connectivity index (χ0) is 12.6. The lowest BCUT2D eigenvalue weighted by Gasteiger charge is -2.32. The van der Waals surface area contributed by atoms with E-state index in [0.717, 1.165) is 12.3 Å². The highest BCUT2D eigenvalue weighted by molar-refractivity contribution is 5.19. The summed E-state index contributed by atoms with van der Waals surface area (Å²) >= 11 is 0. The van der Waals surface area contributed by atoms with Gasteiger partial charge in [0.05, 0.1) is 0 Å². The fourth-order valence-corrected chi connectivity index (χ4v) is 2.90. The summed E-state index contributed by atoms with van der Waals surface area (Å²) in [5.74, 6) is 0.794. The minimum absolute atomic E-state index is 0.794. The van der Waals surface area contributed by atoms with Crippen LogP contribution in [0.15, 0.2) is 30.3 Å². The summed E-state index contributed by atoms with van der Waals surface area (Å²) in [5, 5.41) is 0. The third-order valence-corrected chi connectivity index (χ3v) is 4.08. The molecule has 1 aliphatic rings. The summed E-state index contributed by atoms with van der Waals surface area (Å²) in [6, 6.07) is 11.0. The molecule has 1 aromatic rings. The normalized spacial score (nSPS) is 18.1. The van der Waals surface area contributed by atoms with E-state index < -0.39 is 0 Å². The molecule has 1 heterocycles. The fraction of sp³-hybridized carbons (Fsp3) is 0.588. The van der Waals surface area contributed by atoms with Crippen LogP contribution in [0.4, 0.5) is 0 Å². The highest BCUT2D eigenvalue weighted by Crippen LogP contribution is 2.27. The average molecular weight is 244 g/mol. The van der Waals surface area contributed by atoms with Gasteiger partial charge >= 0.3 is 0 Å². The van der Waals surface area contributed by atoms with Crippen LogP contribution in [0.1, 0.15) is 50.0 Å². The van der Waals surface area contributed by atoms with Gasteiger partial charge in [-0.05, 0) is 50.4 Å². The Hall–Kier alpha value is -0.820. The summed E-state index contributed by atoms with van der Waals surface area (Å²) in [5.41, 5.74) is 1.54. The largest absolute Gasteiger partial charge is 0.303 e. The van der Waals surface area contributed by atoms with Crippen molar-refractivity contribution in [3.63, 3.8) is 0 Å². The summed E-state index contributed by atoms with van der Waals surface area (Å²) in [6.07, 6.45) is 7.75. The van der Waals surface area contributed by atoms with Crippen molar-refractivity contribution in [2.75, 3.05) is 19.6 Å². The second-order valence-electron chi connectivity index (χ2n) is 5.44. The molecule has 0 unspecified atom stereocenters. The molecule has 0 aliphatic carbocycles. The number of unbranched alkanes of at least 4 members (excludes halogenated alkanes) is 3. The predicted molar refractivity (Wildman–Crippen MR) is 78.7 cm³/mol. The van der Waals surface area contributed by atoms with Gasteiger partial charge in [-0.3, -0.25) is 0 Å². The van der Waals surface area contributed by atoms with Crippen molar-refractivity contribution in [2.24, 2.45) is 0 Å². The van der Waals surface area contributed by atoms with E-state index in [1.165, 1.54) is 57.3 Å². The molecule has 1 nitrogen and oxygen atoms in total. The van der Waals surface area contributed by atoms with Crippen molar-refractivity contribution in [3.05, 3.63) is 42.8 Å². The first kappa shape index (κ1) is 13.6. The molecular formula is C17H26N. The quantitative estimate of drug-likeness (QED) is 0.676. The molecule has 1 aromatic carbocycles. The molecule has 1 aliphatic heterocycles. The van der Waals surface area contributed by atoms with Crippen LogP contribution in [0.3, 0.4) is 0 Å². The van der Waals surface area contributed by atoms with Gasteiger partial charge in [0.25, 0.3) is 0 Å². The topological polar surface area (TPSA) is 3.24 Å². The zero-order valence-corrected chi connectivity index (χ0v) is 11.5.